The first kappa shape index (κ1) is 13.3. The first-order valence-corrected chi connectivity index (χ1v) is 7.79. The van der Waals surface area contributed by atoms with Crippen molar-refractivity contribution in [2.24, 2.45) is 0 Å². The van der Waals surface area contributed by atoms with Crippen LogP contribution in [0.5, 0.6) is 0 Å². The number of carbonyl (C=O) groups excluding carboxylic acids is 1. The molecule has 4 heteroatoms. The minimum atomic E-state index is 0.0321. The van der Waals surface area contributed by atoms with Gasteiger partial charge in [0.1, 0.15) is 0 Å². The van der Waals surface area contributed by atoms with Crippen LogP contribution in [0.3, 0.4) is 0 Å². The smallest absolute Gasteiger partial charge is 0.252 e. The molecule has 3 rings (SSSR count). The molecule has 1 aromatic heterocycles. The summed E-state index contributed by atoms with van der Waals surface area (Å²) in [5, 5.41) is 8.48. The van der Waals surface area contributed by atoms with Crippen molar-refractivity contribution in [3.05, 3.63) is 57.3 Å². The van der Waals surface area contributed by atoms with Crippen LogP contribution < -0.4 is 10.6 Å². The fraction of sp³-hybridized carbons (Fsp3) is 0.312. The second-order valence-electron chi connectivity index (χ2n) is 5.08. The highest BCUT2D eigenvalue weighted by Crippen LogP contribution is 2.21. The van der Waals surface area contributed by atoms with Crippen molar-refractivity contribution in [2.45, 2.75) is 25.9 Å². The number of hydrogen-bond donors (Lipinski definition) is 2. The standard InChI is InChI=1S/C16H18N2OS/c1-11(15-6-3-9-20-15)18-16(19)14-5-2-4-12-10-17-8-7-13(12)14/h2-6,9,11,17H,7-8,10H2,1H3,(H,18,19). The second-order valence-corrected chi connectivity index (χ2v) is 6.06. The fourth-order valence-corrected chi connectivity index (χ4v) is 3.36. The van der Waals surface area contributed by atoms with Crippen LogP contribution in [-0.2, 0) is 13.0 Å². The molecule has 0 spiro atoms. The highest BCUT2D eigenvalue weighted by Gasteiger charge is 2.19. The molecule has 1 atom stereocenters. The summed E-state index contributed by atoms with van der Waals surface area (Å²) in [5.74, 6) is 0.0321. The third-order valence-electron chi connectivity index (χ3n) is 3.70. The van der Waals surface area contributed by atoms with E-state index in [0.29, 0.717) is 0 Å². The van der Waals surface area contributed by atoms with Gasteiger partial charge in [-0.2, -0.15) is 0 Å². The molecule has 2 aromatic rings. The molecule has 1 aliphatic rings. The number of rotatable bonds is 3. The zero-order valence-electron chi connectivity index (χ0n) is 11.5. The molecule has 0 fully saturated rings. The summed E-state index contributed by atoms with van der Waals surface area (Å²) in [4.78, 5) is 13.7. The SMILES string of the molecule is CC(NC(=O)c1cccc2c1CCNC2)c1cccs1. The quantitative estimate of drug-likeness (QED) is 0.911. The summed E-state index contributed by atoms with van der Waals surface area (Å²) in [5.41, 5.74) is 3.27. The molecule has 20 heavy (non-hydrogen) atoms. The van der Waals surface area contributed by atoms with E-state index in [9.17, 15) is 4.79 Å². The van der Waals surface area contributed by atoms with Gasteiger partial charge in [0.2, 0.25) is 0 Å². The average molecular weight is 286 g/mol. The Bertz CT molecular complexity index is 607. The van der Waals surface area contributed by atoms with E-state index in [4.69, 9.17) is 0 Å². The van der Waals surface area contributed by atoms with Crippen LogP contribution >= 0.6 is 11.3 Å². The molecule has 104 valence electrons. The minimum Gasteiger partial charge on any atom is -0.345 e. The molecular formula is C16H18N2OS. The van der Waals surface area contributed by atoms with Gasteiger partial charge in [-0.05, 0) is 48.5 Å². The zero-order valence-corrected chi connectivity index (χ0v) is 12.3. The monoisotopic (exact) mass is 286 g/mol. The summed E-state index contributed by atoms with van der Waals surface area (Å²) in [6, 6.07) is 10.1. The number of amides is 1. The van der Waals surface area contributed by atoms with Gasteiger partial charge < -0.3 is 10.6 Å². The molecule has 1 aliphatic heterocycles. The number of hydrogen-bond acceptors (Lipinski definition) is 3. The molecule has 0 bridgehead atoms. The molecule has 3 nitrogen and oxygen atoms in total. The zero-order chi connectivity index (χ0) is 13.9. The topological polar surface area (TPSA) is 41.1 Å². The Morgan fingerprint density at radius 2 is 2.25 bits per heavy atom. The van der Waals surface area contributed by atoms with Gasteiger partial charge in [0.05, 0.1) is 6.04 Å². The lowest BCUT2D eigenvalue weighted by atomic mass is 9.95. The van der Waals surface area contributed by atoms with E-state index >= 15 is 0 Å². The summed E-state index contributed by atoms with van der Waals surface area (Å²) in [7, 11) is 0. The van der Waals surface area contributed by atoms with Crippen molar-refractivity contribution >= 4 is 17.2 Å². The van der Waals surface area contributed by atoms with Crippen LogP contribution in [0.4, 0.5) is 0 Å². The maximum atomic E-state index is 12.5. The molecule has 0 saturated heterocycles. The summed E-state index contributed by atoms with van der Waals surface area (Å²) in [6.07, 6.45) is 0.923. The van der Waals surface area contributed by atoms with Gasteiger partial charge >= 0.3 is 0 Å². The first-order valence-electron chi connectivity index (χ1n) is 6.91. The Morgan fingerprint density at radius 3 is 3.05 bits per heavy atom. The van der Waals surface area contributed by atoms with Gasteiger partial charge in [0.15, 0.2) is 0 Å². The van der Waals surface area contributed by atoms with Crippen LogP contribution in [0.15, 0.2) is 35.7 Å². The van der Waals surface area contributed by atoms with Crippen molar-refractivity contribution in [1.29, 1.82) is 0 Å². The maximum Gasteiger partial charge on any atom is 0.252 e. The molecule has 0 radical (unpaired) electrons. The Balaban J connectivity index is 1.81. The molecule has 0 aliphatic carbocycles. The number of benzene rings is 1. The predicted octanol–water partition coefficient (Wildman–Crippen LogP) is 2.88. The third kappa shape index (κ3) is 2.62. The number of thiophene rings is 1. The van der Waals surface area contributed by atoms with E-state index in [0.717, 1.165) is 25.1 Å². The summed E-state index contributed by atoms with van der Waals surface area (Å²) in [6.45, 7) is 3.83. The van der Waals surface area contributed by atoms with Gasteiger partial charge in [0.25, 0.3) is 5.91 Å². The van der Waals surface area contributed by atoms with E-state index in [1.807, 2.05) is 30.5 Å². The van der Waals surface area contributed by atoms with E-state index < -0.39 is 0 Å². The van der Waals surface area contributed by atoms with Crippen molar-refractivity contribution in [2.75, 3.05) is 6.54 Å². The summed E-state index contributed by atoms with van der Waals surface area (Å²) >= 11 is 1.67. The first-order chi connectivity index (χ1) is 9.75. The Kier molecular flexibility index (Phi) is 3.85. The molecule has 0 saturated carbocycles. The number of nitrogens with one attached hydrogen (secondary N) is 2. The van der Waals surface area contributed by atoms with Crippen LogP contribution in [-0.4, -0.2) is 12.5 Å². The molecule has 2 N–H and O–H groups in total. The van der Waals surface area contributed by atoms with Crippen LogP contribution in [0.1, 0.15) is 39.3 Å². The van der Waals surface area contributed by atoms with E-state index in [1.54, 1.807) is 11.3 Å². The molecule has 1 aromatic carbocycles. The Hall–Kier alpha value is -1.65. The van der Waals surface area contributed by atoms with Crippen LogP contribution in [0.25, 0.3) is 0 Å². The van der Waals surface area contributed by atoms with Crippen molar-refractivity contribution < 1.29 is 4.79 Å². The van der Waals surface area contributed by atoms with Crippen LogP contribution in [0, 0.1) is 0 Å². The van der Waals surface area contributed by atoms with Gasteiger partial charge in [-0.25, -0.2) is 0 Å². The van der Waals surface area contributed by atoms with Crippen LogP contribution in [0.2, 0.25) is 0 Å². The number of carbonyl (C=O) groups is 1. The van der Waals surface area contributed by atoms with Gasteiger partial charge in [0, 0.05) is 17.0 Å². The van der Waals surface area contributed by atoms with E-state index in [1.165, 1.54) is 16.0 Å². The highest BCUT2D eigenvalue weighted by molar-refractivity contribution is 7.10. The van der Waals surface area contributed by atoms with E-state index in [2.05, 4.69) is 22.8 Å². The molecule has 1 amide bonds. The largest absolute Gasteiger partial charge is 0.345 e. The fourth-order valence-electron chi connectivity index (χ4n) is 2.63. The lowest BCUT2D eigenvalue weighted by molar-refractivity contribution is 0.0939. The van der Waals surface area contributed by atoms with Crippen molar-refractivity contribution in [3.63, 3.8) is 0 Å². The van der Waals surface area contributed by atoms with Crippen molar-refractivity contribution in [1.82, 2.24) is 10.6 Å². The number of fused-ring (bicyclic) bond motifs is 1. The lowest BCUT2D eigenvalue weighted by Crippen LogP contribution is -2.30. The lowest BCUT2D eigenvalue weighted by Gasteiger charge is -2.21. The average Bonchev–Trinajstić information content (AvgIpc) is 3.01. The van der Waals surface area contributed by atoms with Gasteiger partial charge in [-0.3, -0.25) is 4.79 Å². The second kappa shape index (κ2) is 5.77. The van der Waals surface area contributed by atoms with E-state index in [-0.39, 0.29) is 11.9 Å². The molecular weight excluding hydrogens is 268 g/mol. The molecule has 1 unspecified atom stereocenters. The Labute approximate surface area is 123 Å². The minimum absolute atomic E-state index is 0.0321. The normalized spacial score (nSPS) is 15.4. The van der Waals surface area contributed by atoms with Gasteiger partial charge in [-0.1, -0.05) is 18.2 Å². The predicted molar refractivity (Wildman–Crippen MR) is 82.1 cm³/mol. The Morgan fingerprint density at radius 1 is 1.35 bits per heavy atom. The summed E-state index contributed by atoms with van der Waals surface area (Å²) < 4.78 is 0. The highest BCUT2D eigenvalue weighted by atomic mass is 32.1. The van der Waals surface area contributed by atoms with Gasteiger partial charge in [-0.15, -0.1) is 11.3 Å². The van der Waals surface area contributed by atoms with Crippen molar-refractivity contribution in [3.8, 4) is 0 Å². The molecule has 2 heterocycles. The third-order valence-corrected chi connectivity index (χ3v) is 4.76. The maximum absolute atomic E-state index is 12.5.